The van der Waals surface area contributed by atoms with Crippen LogP contribution in [0.4, 0.5) is 11.9 Å². The molecule has 1 aliphatic heterocycles. The molecule has 5 N–H and O–H groups in total. The average Bonchev–Trinajstić information content (AvgIpc) is 2.74. The van der Waals surface area contributed by atoms with E-state index in [0.29, 0.717) is 17.1 Å². The number of rotatable bonds is 1. The number of nitrogen functional groups attached to an aromatic ring is 1. The van der Waals surface area contributed by atoms with Crippen molar-refractivity contribution < 1.29 is 0 Å². The number of hydrogen-bond donors (Lipinski definition) is 4. The molecule has 8 nitrogen and oxygen atoms in total. The maximum atomic E-state index is 11.6. The van der Waals surface area contributed by atoms with Gasteiger partial charge in [-0.2, -0.15) is 9.97 Å². The fourth-order valence-electron chi connectivity index (χ4n) is 1.94. The molecule has 0 atom stereocenters. The number of imidazole rings is 1. The van der Waals surface area contributed by atoms with Crippen LogP contribution in [0, 0.1) is 0 Å². The van der Waals surface area contributed by atoms with Crippen LogP contribution in [-0.2, 0) is 0 Å². The molecule has 1 aliphatic rings. The van der Waals surface area contributed by atoms with E-state index in [4.69, 9.17) is 5.73 Å². The van der Waals surface area contributed by atoms with Gasteiger partial charge in [0.05, 0.1) is 0 Å². The van der Waals surface area contributed by atoms with E-state index < -0.39 is 0 Å². The van der Waals surface area contributed by atoms with Gasteiger partial charge in [0.25, 0.3) is 5.56 Å². The standard InChI is InChI=1S/C9H13N7O/c10-8-13-6-5(7(17)15-8)12-9(14-6)16-3-1-11-2-4-16/h11H,1-4H2,(H4,10,12,13,14,15,17). The Bertz CT molecular complexity index is 595. The van der Waals surface area contributed by atoms with E-state index in [1.807, 2.05) is 0 Å². The van der Waals surface area contributed by atoms with Gasteiger partial charge in [0.15, 0.2) is 11.2 Å². The largest absolute Gasteiger partial charge is 0.369 e. The normalized spacial score (nSPS) is 16.6. The third-order valence-electron chi connectivity index (χ3n) is 2.78. The zero-order valence-corrected chi connectivity index (χ0v) is 9.16. The lowest BCUT2D eigenvalue weighted by Gasteiger charge is -2.26. The van der Waals surface area contributed by atoms with Gasteiger partial charge in [-0.3, -0.25) is 9.78 Å². The number of aromatic amines is 2. The molecule has 0 aliphatic carbocycles. The van der Waals surface area contributed by atoms with E-state index in [9.17, 15) is 4.79 Å². The molecule has 0 amide bonds. The number of H-pyrrole nitrogens is 2. The second-order valence-electron chi connectivity index (χ2n) is 3.95. The highest BCUT2D eigenvalue weighted by atomic mass is 16.1. The summed E-state index contributed by atoms with van der Waals surface area (Å²) in [4.78, 5) is 27.4. The van der Waals surface area contributed by atoms with Crippen molar-refractivity contribution >= 4 is 23.1 Å². The van der Waals surface area contributed by atoms with Crippen LogP contribution in [0.1, 0.15) is 0 Å². The number of aromatic nitrogens is 4. The van der Waals surface area contributed by atoms with Gasteiger partial charge in [-0.25, -0.2) is 0 Å². The Hall–Kier alpha value is -2.09. The average molecular weight is 235 g/mol. The highest BCUT2D eigenvalue weighted by Gasteiger charge is 2.16. The van der Waals surface area contributed by atoms with Gasteiger partial charge in [-0.1, -0.05) is 0 Å². The van der Waals surface area contributed by atoms with Gasteiger partial charge in [0.2, 0.25) is 11.9 Å². The highest BCUT2D eigenvalue weighted by Crippen LogP contribution is 2.13. The number of fused-ring (bicyclic) bond motifs is 1. The van der Waals surface area contributed by atoms with Crippen LogP contribution in [0.5, 0.6) is 0 Å². The van der Waals surface area contributed by atoms with Crippen molar-refractivity contribution in [1.82, 2.24) is 25.3 Å². The van der Waals surface area contributed by atoms with Crippen LogP contribution < -0.4 is 21.5 Å². The smallest absolute Gasteiger partial charge is 0.278 e. The molecule has 0 spiro atoms. The minimum absolute atomic E-state index is 0.0841. The topological polar surface area (TPSA) is 116 Å². The first-order chi connectivity index (χ1) is 8.24. The Balaban J connectivity index is 2.06. The fourth-order valence-corrected chi connectivity index (χ4v) is 1.94. The predicted molar refractivity (Wildman–Crippen MR) is 64.0 cm³/mol. The summed E-state index contributed by atoms with van der Waals surface area (Å²) in [7, 11) is 0. The molecule has 2 aromatic heterocycles. The van der Waals surface area contributed by atoms with Gasteiger partial charge in [-0.05, 0) is 0 Å². The van der Waals surface area contributed by atoms with Crippen molar-refractivity contribution in [3.05, 3.63) is 10.4 Å². The molecule has 0 saturated carbocycles. The molecule has 90 valence electrons. The van der Waals surface area contributed by atoms with Gasteiger partial charge in [0, 0.05) is 26.2 Å². The summed E-state index contributed by atoms with van der Waals surface area (Å²) in [5.74, 6) is 0.756. The molecule has 1 saturated heterocycles. The Morgan fingerprint density at radius 1 is 1.18 bits per heavy atom. The van der Waals surface area contributed by atoms with Crippen molar-refractivity contribution in [1.29, 1.82) is 0 Å². The van der Waals surface area contributed by atoms with Crippen LogP contribution >= 0.6 is 0 Å². The molecule has 2 aromatic rings. The molecule has 0 bridgehead atoms. The fraction of sp³-hybridized carbons (Fsp3) is 0.444. The van der Waals surface area contributed by atoms with Crippen LogP contribution in [0.25, 0.3) is 11.2 Å². The van der Waals surface area contributed by atoms with E-state index in [-0.39, 0.29) is 11.5 Å². The second kappa shape index (κ2) is 3.74. The number of nitrogens with two attached hydrogens (primary N) is 1. The van der Waals surface area contributed by atoms with E-state index in [1.165, 1.54) is 0 Å². The molecular weight excluding hydrogens is 222 g/mol. The summed E-state index contributed by atoms with van der Waals surface area (Å²) in [6.45, 7) is 3.52. The summed E-state index contributed by atoms with van der Waals surface area (Å²) in [6, 6.07) is 0. The van der Waals surface area contributed by atoms with Gasteiger partial charge in [0.1, 0.15) is 0 Å². The van der Waals surface area contributed by atoms with Gasteiger partial charge in [-0.15, -0.1) is 0 Å². The van der Waals surface area contributed by atoms with E-state index in [0.717, 1.165) is 26.2 Å². The summed E-state index contributed by atoms with van der Waals surface area (Å²) < 4.78 is 0. The van der Waals surface area contributed by atoms with Crippen LogP contribution in [-0.4, -0.2) is 46.1 Å². The first kappa shape index (κ1) is 10.1. The van der Waals surface area contributed by atoms with Crippen LogP contribution in [0.15, 0.2) is 4.79 Å². The van der Waals surface area contributed by atoms with Crippen molar-refractivity contribution in [2.24, 2.45) is 0 Å². The van der Waals surface area contributed by atoms with Gasteiger partial charge >= 0.3 is 0 Å². The monoisotopic (exact) mass is 235 g/mol. The number of anilines is 2. The molecule has 0 aromatic carbocycles. The summed E-state index contributed by atoms with van der Waals surface area (Å²) >= 11 is 0. The van der Waals surface area contributed by atoms with Crippen LogP contribution in [0.3, 0.4) is 0 Å². The SMILES string of the molecule is Nc1nc2nc(N3CCNCC3)[nH]c2c(=O)[nH]1. The number of nitrogens with one attached hydrogen (secondary N) is 3. The number of piperazine rings is 1. The Labute approximate surface area is 96.2 Å². The Kier molecular flexibility index (Phi) is 2.22. The van der Waals surface area contributed by atoms with Crippen LogP contribution in [0.2, 0.25) is 0 Å². The molecule has 3 heterocycles. The van der Waals surface area contributed by atoms with Crippen molar-refractivity contribution in [3.8, 4) is 0 Å². The summed E-state index contributed by atoms with van der Waals surface area (Å²) in [5, 5.41) is 3.25. The third-order valence-corrected chi connectivity index (χ3v) is 2.78. The maximum Gasteiger partial charge on any atom is 0.278 e. The predicted octanol–water partition coefficient (Wildman–Crippen LogP) is -1.36. The number of hydrogen-bond acceptors (Lipinski definition) is 6. The molecule has 8 heteroatoms. The molecule has 1 fully saturated rings. The third kappa shape index (κ3) is 1.72. The van der Waals surface area contributed by atoms with Crippen molar-refractivity contribution in [2.45, 2.75) is 0 Å². The van der Waals surface area contributed by atoms with Crippen molar-refractivity contribution in [3.63, 3.8) is 0 Å². The minimum atomic E-state index is -0.290. The summed E-state index contributed by atoms with van der Waals surface area (Å²) in [6.07, 6.45) is 0. The van der Waals surface area contributed by atoms with E-state index in [1.54, 1.807) is 0 Å². The minimum Gasteiger partial charge on any atom is -0.369 e. The molecule has 0 radical (unpaired) electrons. The Morgan fingerprint density at radius 3 is 2.71 bits per heavy atom. The highest BCUT2D eigenvalue weighted by molar-refractivity contribution is 5.73. The quantitative estimate of drug-likeness (QED) is 0.485. The van der Waals surface area contributed by atoms with E-state index in [2.05, 4.69) is 30.2 Å². The lowest BCUT2D eigenvalue weighted by atomic mass is 10.4. The van der Waals surface area contributed by atoms with E-state index >= 15 is 0 Å². The number of nitrogens with zero attached hydrogens (tertiary/aromatic N) is 3. The Morgan fingerprint density at radius 2 is 1.94 bits per heavy atom. The first-order valence-electron chi connectivity index (χ1n) is 5.45. The second-order valence-corrected chi connectivity index (χ2v) is 3.95. The lowest BCUT2D eigenvalue weighted by Crippen LogP contribution is -2.44. The molecule has 17 heavy (non-hydrogen) atoms. The lowest BCUT2D eigenvalue weighted by molar-refractivity contribution is 0.582. The molecular formula is C9H13N7O. The van der Waals surface area contributed by atoms with Crippen molar-refractivity contribution in [2.75, 3.05) is 36.8 Å². The van der Waals surface area contributed by atoms with Gasteiger partial charge < -0.3 is 20.9 Å². The summed E-state index contributed by atoms with van der Waals surface area (Å²) in [5.41, 5.74) is 5.91. The molecule has 3 rings (SSSR count). The zero-order chi connectivity index (χ0) is 11.8. The first-order valence-corrected chi connectivity index (χ1v) is 5.45. The molecule has 0 unspecified atom stereocenters. The maximum absolute atomic E-state index is 11.6. The zero-order valence-electron chi connectivity index (χ0n) is 9.16.